The van der Waals surface area contributed by atoms with Crippen LogP contribution in [0.5, 0.6) is 0 Å². The zero-order valence-electron chi connectivity index (χ0n) is 11.6. The number of methoxy groups -OCH3 is 1. The van der Waals surface area contributed by atoms with Crippen LogP contribution in [-0.2, 0) is 14.3 Å². The summed E-state index contributed by atoms with van der Waals surface area (Å²) in [5, 5.41) is 3.10. The number of esters is 1. The Hall–Kier alpha value is -0.650. The molecule has 0 aromatic carbocycles. The maximum atomic E-state index is 11.9. The molecule has 5 heteroatoms. The highest BCUT2D eigenvalue weighted by Gasteiger charge is 2.41. The van der Waals surface area contributed by atoms with E-state index in [9.17, 15) is 4.79 Å². The molecule has 1 heterocycles. The van der Waals surface area contributed by atoms with Crippen LogP contribution in [-0.4, -0.2) is 62.4 Å². The van der Waals surface area contributed by atoms with Gasteiger partial charge in [-0.1, -0.05) is 0 Å². The number of carbonyl (C=O) groups is 1. The summed E-state index contributed by atoms with van der Waals surface area (Å²) in [4.78, 5) is 14.3. The van der Waals surface area contributed by atoms with Gasteiger partial charge in [0.2, 0.25) is 0 Å². The molecule has 1 aliphatic carbocycles. The third-order valence-electron chi connectivity index (χ3n) is 4.30. The van der Waals surface area contributed by atoms with Crippen molar-refractivity contribution in [3.63, 3.8) is 0 Å². The molecule has 3 unspecified atom stereocenters. The van der Waals surface area contributed by atoms with E-state index in [0.29, 0.717) is 18.7 Å². The van der Waals surface area contributed by atoms with Gasteiger partial charge in [0.15, 0.2) is 0 Å². The lowest BCUT2D eigenvalue weighted by Gasteiger charge is -2.41. The van der Waals surface area contributed by atoms with E-state index < -0.39 is 5.54 Å². The van der Waals surface area contributed by atoms with Crippen molar-refractivity contribution < 1.29 is 14.3 Å². The first-order valence-corrected chi connectivity index (χ1v) is 6.73. The van der Waals surface area contributed by atoms with Crippen LogP contribution in [0, 0.1) is 0 Å². The predicted molar refractivity (Wildman–Crippen MR) is 68.4 cm³/mol. The molecule has 0 radical (unpaired) electrons. The second-order valence-corrected chi connectivity index (χ2v) is 5.45. The molecule has 5 nitrogen and oxygen atoms in total. The third-order valence-corrected chi connectivity index (χ3v) is 4.30. The first-order chi connectivity index (χ1) is 8.60. The maximum Gasteiger partial charge on any atom is 0.327 e. The molecule has 0 spiro atoms. The fraction of sp³-hybridized carbons (Fsp3) is 0.923. The quantitative estimate of drug-likeness (QED) is 0.738. The lowest BCUT2D eigenvalue weighted by atomic mass is 9.99. The predicted octanol–water partition coefficient (Wildman–Crippen LogP) is 0.391. The van der Waals surface area contributed by atoms with Crippen molar-refractivity contribution in [2.45, 2.75) is 43.9 Å². The summed E-state index contributed by atoms with van der Waals surface area (Å²) in [5.41, 5.74) is -0.640. The number of likely N-dealkylation sites (N-methyl/N-ethyl adjacent to an activating group) is 1. The summed E-state index contributed by atoms with van der Waals surface area (Å²) in [7, 11) is 3.25. The minimum atomic E-state index is -0.640. The molecule has 0 aromatic rings. The summed E-state index contributed by atoms with van der Waals surface area (Å²) in [6, 6.07) is 0.469. The first-order valence-electron chi connectivity index (χ1n) is 6.73. The van der Waals surface area contributed by atoms with Crippen LogP contribution in [0.1, 0.15) is 26.2 Å². The van der Waals surface area contributed by atoms with Gasteiger partial charge < -0.3 is 14.8 Å². The number of fused-ring (bicyclic) bond motifs is 1. The number of rotatable bonds is 4. The van der Waals surface area contributed by atoms with Gasteiger partial charge in [0.25, 0.3) is 0 Å². The minimum Gasteiger partial charge on any atom is -0.468 e. The van der Waals surface area contributed by atoms with Gasteiger partial charge in [0.05, 0.1) is 19.8 Å². The fourth-order valence-electron chi connectivity index (χ4n) is 3.08. The van der Waals surface area contributed by atoms with Crippen molar-refractivity contribution in [3.8, 4) is 0 Å². The maximum absolute atomic E-state index is 11.9. The normalized spacial score (nSPS) is 31.7. The van der Waals surface area contributed by atoms with Crippen LogP contribution < -0.4 is 5.32 Å². The Morgan fingerprint density at radius 2 is 2.33 bits per heavy atom. The van der Waals surface area contributed by atoms with Crippen molar-refractivity contribution in [2.24, 2.45) is 0 Å². The lowest BCUT2D eigenvalue weighted by molar-refractivity contribution is -0.150. The van der Waals surface area contributed by atoms with E-state index >= 15 is 0 Å². The largest absolute Gasteiger partial charge is 0.468 e. The summed E-state index contributed by atoms with van der Waals surface area (Å²) in [6.45, 7) is 4.25. The summed E-state index contributed by atoms with van der Waals surface area (Å²) in [5.74, 6) is -0.203. The highest BCUT2D eigenvalue weighted by Crippen LogP contribution is 2.30. The molecule has 0 bridgehead atoms. The molecule has 2 rings (SSSR count). The second-order valence-electron chi connectivity index (χ2n) is 5.45. The zero-order chi connectivity index (χ0) is 13.2. The summed E-state index contributed by atoms with van der Waals surface area (Å²) >= 11 is 0. The SMILES string of the molecule is CNC(C)(CN1CCOC2CCCC21)C(=O)OC. The molecule has 2 fully saturated rings. The van der Waals surface area contributed by atoms with E-state index in [1.165, 1.54) is 20.0 Å². The van der Waals surface area contributed by atoms with Crippen LogP contribution in [0.2, 0.25) is 0 Å². The van der Waals surface area contributed by atoms with Crippen LogP contribution in [0.3, 0.4) is 0 Å². The molecule has 1 saturated carbocycles. The third kappa shape index (κ3) is 2.53. The standard InChI is InChI=1S/C13H24N2O3/c1-13(14-2,12(16)17-3)9-15-7-8-18-11-6-4-5-10(11)15/h10-11,14H,4-9H2,1-3H3. The van der Waals surface area contributed by atoms with E-state index in [2.05, 4.69) is 10.2 Å². The highest BCUT2D eigenvalue weighted by atomic mass is 16.5. The molecule has 3 atom stereocenters. The molecule has 0 amide bonds. The Labute approximate surface area is 109 Å². The average molecular weight is 256 g/mol. The molecular formula is C13H24N2O3. The van der Waals surface area contributed by atoms with Crippen LogP contribution in [0.25, 0.3) is 0 Å². The van der Waals surface area contributed by atoms with Gasteiger partial charge in [0.1, 0.15) is 5.54 Å². The van der Waals surface area contributed by atoms with E-state index in [4.69, 9.17) is 9.47 Å². The van der Waals surface area contributed by atoms with Crippen molar-refractivity contribution in [3.05, 3.63) is 0 Å². The average Bonchev–Trinajstić information content (AvgIpc) is 2.87. The molecule has 18 heavy (non-hydrogen) atoms. The Kier molecular flexibility index (Phi) is 4.25. The van der Waals surface area contributed by atoms with E-state index in [-0.39, 0.29) is 5.97 Å². The number of hydrogen-bond acceptors (Lipinski definition) is 5. The molecule has 1 N–H and O–H groups in total. The molecule has 1 aliphatic heterocycles. The Balaban J connectivity index is 2.04. The number of carbonyl (C=O) groups excluding carboxylic acids is 1. The second kappa shape index (κ2) is 5.55. The lowest BCUT2D eigenvalue weighted by Crippen LogP contribution is -2.60. The van der Waals surface area contributed by atoms with Crippen LogP contribution >= 0.6 is 0 Å². The van der Waals surface area contributed by atoms with Gasteiger partial charge in [0, 0.05) is 19.1 Å². The van der Waals surface area contributed by atoms with E-state index in [1.54, 1.807) is 0 Å². The Morgan fingerprint density at radius 1 is 1.56 bits per heavy atom. The number of morpholine rings is 1. The number of ether oxygens (including phenoxy) is 2. The summed E-state index contributed by atoms with van der Waals surface area (Å²) < 4.78 is 10.7. The Bertz CT molecular complexity index is 311. The van der Waals surface area contributed by atoms with E-state index in [1.807, 2.05) is 14.0 Å². The Morgan fingerprint density at radius 3 is 3.00 bits per heavy atom. The fourth-order valence-corrected chi connectivity index (χ4v) is 3.08. The van der Waals surface area contributed by atoms with Gasteiger partial charge >= 0.3 is 5.97 Å². The number of hydrogen-bond donors (Lipinski definition) is 1. The number of nitrogens with one attached hydrogen (secondary N) is 1. The first kappa shape index (κ1) is 13.8. The molecule has 2 aliphatic rings. The van der Waals surface area contributed by atoms with Crippen molar-refractivity contribution in [1.82, 2.24) is 10.2 Å². The van der Waals surface area contributed by atoms with Crippen LogP contribution in [0.4, 0.5) is 0 Å². The zero-order valence-corrected chi connectivity index (χ0v) is 11.6. The van der Waals surface area contributed by atoms with Crippen molar-refractivity contribution in [2.75, 3.05) is 33.9 Å². The van der Waals surface area contributed by atoms with Gasteiger partial charge in [-0.3, -0.25) is 9.69 Å². The van der Waals surface area contributed by atoms with Gasteiger partial charge in [-0.05, 0) is 33.2 Å². The highest BCUT2D eigenvalue weighted by molar-refractivity contribution is 5.80. The van der Waals surface area contributed by atoms with Gasteiger partial charge in [-0.2, -0.15) is 0 Å². The topological polar surface area (TPSA) is 50.8 Å². The van der Waals surface area contributed by atoms with Crippen molar-refractivity contribution in [1.29, 1.82) is 0 Å². The van der Waals surface area contributed by atoms with Crippen LogP contribution in [0.15, 0.2) is 0 Å². The minimum absolute atomic E-state index is 0.203. The molecule has 104 valence electrons. The molecule has 0 aromatic heterocycles. The summed E-state index contributed by atoms with van der Waals surface area (Å²) in [6.07, 6.45) is 3.90. The smallest absolute Gasteiger partial charge is 0.327 e. The monoisotopic (exact) mass is 256 g/mol. The van der Waals surface area contributed by atoms with Gasteiger partial charge in [-0.15, -0.1) is 0 Å². The van der Waals surface area contributed by atoms with Crippen molar-refractivity contribution >= 4 is 5.97 Å². The molecular weight excluding hydrogens is 232 g/mol. The van der Waals surface area contributed by atoms with Gasteiger partial charge in [-0.25, -0.2) is 0 Å². The number of nitrogens with zero attached hydrogens (tertiary/aromatic N) is 1. The molecule has 1 saturated heterocycles. The van der Waals surface area contributed by atoms with E-state index in [0.717, 1.165) is 19.6 Å².